The Morgan fingerprint density at radius 2 is 1.85 bits per heavy atom. The Morgan fingerprint density at radius 3 is 2.59 bits per heavy atom. The predicted molar refractivity (Wildman–Crippen MR) is 120 cm³/mol. The second kappa shape index (κ2) is 7.68. The average molecular weight is 468 g/mol. The number of benzene rings is 1. The Kier molecular flexibility index (Phi) is 5.00. The molecule has 0 bridgehead atoms. The van der Waals surface area contributed by atoms with Crippen LogP contribution in [0.2, 0.25) is 0 Å². The lowest BCUT2D eigenvalue weighted by Crippen LogP contribution is -2.36. The third-order valence-electron chi connectivity index (χ3n) is 6.32. The van der Waals surface area contributed by atoms with Gasteiger partial charge >= 0.3 is 6.18 Å². The summed E-state index contributed by atoms with van der Waals surface area (Å²) in [5, 5.41) is 9.20. The fraction of sp³-hybridized carbons (Fsp3) is 0.333. The number of carbonyl (C=O) groups excluding carboxylic acids is 1. The summed E-state index contributed by atoms with van der Waals surface area (Å²) in [6, 6.07) is 7.53. The van der Waals surface area contributed by atoms with Crippen LogP contribution in [0.4, 0.5) is 13.2 Å². The molecule has 0 aliphatic carbocycles. The topological polar surface area (TPSA) is 68.8 Å². The van der Waals surface area contributed by atoms with Gasteiger partial charge in [0.05, 0.1) is 35.2 Å². The van der Waals surface area contributed by atoms with Crippen LogP contribution in [-0.4, -0.2) is 41.9 Å². The lowest BCUT2D eigenvalue weighted by atomic mass is 9.98. The van der Waals surface area contributed by atoms with Gasteiger partial charge in [-0.1, -0.05) is 6.07 Å². The van der Waals surface area contributed by atoms with Gasteiger partial charge in [0.2, 0.25) is 0 Å². The van der Waals surface area contributed by atoms with Gasteiger partial charge in [0.1, 0.15) is 0 Å². The van der Waals surface area contributed by atoms with Crippen molar-refractivity contribution in [2.45, 2.75) is 33.0 Å². The fourth-order valence-corrected chi connectivity index (χ4v) is 4.79. The van der Waals surface area contributed by atoms with Crippen LogP contribution in [0.1, 0.15) is 38.6 Å². The third kappa shape index (κ3) is 3.53. The summed E-state index contributed by atoms with van der Waals surface area (Å²) in [5.41, 5.74) is 4.15. The molecule has 0 unspecified atom stereocenters. The molecule has 1 aliphatic heterocycles. The van der Waals surface area contributed by atoms with Crippen LogP contribution in [-0.2, 0) is 33.2 Å². The third-order valence-corrected chi connectivity index (χ3v) is 6.32. The van der Waals surface area contributed by atoms with Crippen LogP contribution in [0.3, 0.4) is 0 Å². The van der Waals surface area contributed by atoms with E-state index in [-0.39, 0.29) is 18.0 Å². The Hall–Kier alpha value is -3.69. The van der Waals surface area contributed by atoms with Crippen molar-refractivity contribution in [2.24, 2.45) is 14.1 Å². The summed E-state index contributed by atoms with van der Waals surface area (Å²) in [7, 11) is 2.90. The lowest BCUT2D eigenvalue weighted by molar-refractivity contribution is -0.143. The molecule has 4 aromatic rings. The lowest BCUT2D eigenvalue weighted by Gasteiger charge is -2.27. The molecule has 1 aromatic carbocycles. The highest BCUT2D eigenvalue weighted by molar-refractivity contribution is 5.99. The number of halogens is 3. The first-order valence-electron chi connectivity index (χ1n) is 10.9. The molecule has 0 spiro atoms. The minimum Gasteiger partial charge on any atom is -0.332 e. The molecule has 0 atom stereocenters. The normalized spacial score (nSPS) is 14.0. The van der Waals surface area contributed by atoms with Crippen LogP contribution in [0.25, 0.3) is 22.2 Å². The molecule has 1 amide bonds. The van der Waals surface area contributed by atoms with E-state index in [2.05, 4.69) is 15.2 Å². The van der Waals surface area contributed by atoms with Gasteiger partial charge in [0.25, 0.3) is 5.91 Å². The molecule has 0 N–H and O–H groups in total. The first kappa shape index (κ1) is 22.1. The minimum absolute atomic E-state index is 0.000950. The highest BCUT2D eigenvalue weighted by Crippen LogP contribution is 2.39. The number of hydrogen-bond donors (Lipinski definition) is 0. The summed E-state index contributed by atoms with van der Waals surface area (Å²) in [4.78, 5) is 19.6. The quantitative estimate of drug-likeness (QED) is 0.442. The number of aromatic nitrogens is 5. The largest absolute Gasteiger partial charge is 0.433 e. The maximum Gasteiger partial charge on any atom is 0.433 e. The smallest absolute Gasteiger partial charge is 0.332 e. The van der Waals surface area contributed by atoms with Crippen LogP contribution in [0.15, 0.2) is 30.5 Å². The molecule has 1 aliphatic rings. The number of nitrogens with zero attached hydrogens (tertiary/aromatic N) is 6. The van der Waals surface area contributed by atoms with Crippen molar-refractivity contribution in [3.63, 3.8) is 0 Å². The van der Waals surface area contributed by atoms with E-state index in [0.717, 1.165) is 32.4 Å². The van der Waals surface area contributed by atoms with E-state index in [9.17, 15) is 18.0 Å². The molecule has 10 heteroatoms. The number of pyridine rings is 1. The number of hydrogen-bond acceptors (Lipinski definition) is 4. The predicted octanol–water partition coefficient (Wildman–Crippen LogP) is 4.20. The highest BCUT2D eigenvalue weighted by Gasteiger charge is 2.40. The molecule has 4 heterocycles. The number of aryl methyl sites for hydroxylation is 4. The zero-order chi connectivity index (χ0) is 24.4. The molecular weight excluding hydrogens is 445 g/mol. The van der Waals surface area contributed by atoms with Crippen molar-refractivity contribution in [3.05, 3.63) is 64.2 Å². The Bertz CT molecular complexity index is 1450. The van der Waals surface area contributed by atoms with Gasteiger partial charge in [-0.2, -0.15) is 23.4 Å². The Labute approximate surface area is 193 Å². The summed E-state index contributed by atoms with van der Waals surface area (Å²) in [5.74, 6) is -0.138. The van der Waals surface area contributed by atoms with E-state index in [1.165, 1.54) is 17.9 Å². The van der Waals surface area contributed by atoms with Gasteiger partial charge in [0, 0.05) is 42.8 Å². The molecule has 34 heavy (non-hydrogen) atoms. The maximum absolute atomic E-state index is 13.7. The van der Waals surface area contributed by atoms with Crippen molar-refractivity contribution in [3.8, 4) is 11.3 Å². The molecule has 7 nitrogen and oxygen atoms in total. The Morgan fingerprint density at radius 1 is 1.09 bits per heavy atom. The minimum atomic E-state index is -4.55. The van der Waals surface area contributed by atoms with Gasteiger partial charge in [-0.25, -0.2) is 0 Å². The number of alkyl halides is 3. The average Bonchev–Trinajstić information content (AvgIpc) is 3.31. The summed E-state index contributed by atoms with van der Waals surface area (Å²) in [6.45, 7) is 4.47. The van der Waals surface area contributed by atoms with Gasteiger partial charge in [0.15, 0.2) is 5.69 Å². The zero-order valence-corrected chi connectivity index (χ0v) is 19.2. The second-order valence-electron chi connectivity index (χ2n) is 8.72. The summed E-state index contributed by atoms with van der Waals surface area (Å²) >= 11 is 0. The summed E-state index contributed by atoms with van der Waals surface area (Å²) in [6.07, 6.45) is -2.91. The SMILES string of the molecule is Cc1ccc2cc(C(=O)N3CCc4c(nn(C)c4-c4cnn(C)c4C(F)(F)F)C3)cc(C)c2n1. The molecule has 0 fully saturated rings. The first-order chi connectivity index (χ1) is 16.0. The van der Waals surface area contributed by atoms with E-state index >= 15 is 0 Å². The van der Waals surface area contributed by atoms with E-state index in [0.29, 0.717) is 29.9 Å². The van der Waals surface area contributed by atoms with Crippen molar-refractivity contribution in [2.75, 3.05) is 6.54 Å². The van der Waals surface area contributed by atoms with Gasteiger partial charge in [-0.3, -0.25) is 19.1 Å². The molecule has 0 saturated carbocycles. The standard InChI is InChI=1S/C24H23F3N6O/c1-13-9-16(10-15-6-5-14(2)29-20(13)15)23(34)33-8-7-17-19(12-33)30-31(3)21(17)18-11-28-32(4)22(18)24(25,26)27/h5-6,9-11H,7-8,12H2,1-4H3. The van der Waals surface area contributed by atoms with E-state index < -0.39 is 11.9 Å². The maximum atomic E-state index is 13.7. The number of carbonyl (C=O) groups is 1. The van der Waals surface area contributed by atoms with Crippen LogP contribution >= 0.6 is 0 Å². The summed E-state index contributed by atoms with van der Waals surface area (Å²) < 4.78 is 43.3. The molecule has 0 radical (unpaired) electrons. The monoisotopic (exact) mass is 468 g/mol. The zero-order valence-electron chi connectivity index (χ0n) is 19.2. The van der Waals surface area contributed by atoms with Crippen LogP contribution in [0, 0.1) is 13.8 Å². The number of amides is 1. The van der Waals surface area contributed by atoms with E-state index in [4.69, 9.17) is 0 Å². The van der Waals surface area contributed by atoms with Crippen molar-refractivity contribution < 1.29 is 18.0 Å². The highest BCUT2D eigenvalue weighted by atomic mass is 19.4. The molecular formula is C24H23F3N6O. The van der Waals surface area contributed by atoms with Gasteiger partial charge < -0.3 is 4.90 Å². The number of rotatable bonds is 2. The van der Waals surface area contributed by atoms with Crippen molar-refractivity contribution >= 4 is 16.8 Å². The van der Waals surface area contributed by atoms with Crippen LogP contribution in [0.5, 0.6) is 0 Å². The second-order valence-corrected chi connectivity index (χ2v) is 8.72. The number of fused-ring (bicyclic) bond motifs is 2. The van der Waals surface area contributed by atoms with E-state index in [1.807, 2.05) is 38.1 Å². The van der Waals surface area contributed by atoms with Crippen molar-refractivity contribution in [1.29, 1.82) is 0 Å². The van der Waals surface area contributed by atoms with E-state index in [1.54, 1.807) is 11.9 Å². The Balaban J connectivity index is 1.48. The fourth-order valence-electron chi connectivity index (χ4n) is 4.79. The first-order valence-corrected chi connectivity index (χ1v) is 10.9. The van der Waals surface area contributed by atoms with Gasteiger partial charge in [-0.15, -0.1) is 0 Å². The molecule has 0 saturated heterocycles. The van der Waals surface area contributed by atoms with Crippen LogP contribution < -0.4 is 0 Å². The molecule has 3 aromatic heterocycles. The molecule has 176 valence electrons. The van der Waals surface area contributed by atoms with Gasteiger partial charge in [-0.05, 0) is 44.0 Å². The van der Waals surface area contributed by atoms with Crippen molar-refractivity contribution in [1.82, 2.24) is 29.4 Å². The molecule has 5 rings (SSSR count).